The Balaban J connectivity index is 1.67. The summed E-state index contributed by atoms with van der Waals surface area (Å²) in [5.41, 5.74) is 3.82. The van der Waals surface area contributed by atoms with Gasteiger partial charge in [-0.15, -0.1) is 0 Å². The maximum Gasteiger partial charge on any atom is 0.414 e. The van der Waals surface area contributed by atoms with Gasteiger partial charge in [-0.1, -0.05) is 19.3 Å². The average molecular weight is 465 g/mol. The number of ether oxygens (including phenoxy) is 2. The molecule has 0 aromatic carbocycles. The van der Waals surface area contributed by atoms with Crippen LogP contribution in [0, 0.1) is 5.92 Å². The van der Waals surface area contributed by atoms with Crippen molar-refractivity contribution in [1.29, 1.82) is 0 Å². The Hall–Kier alpha value is -3.09. The number of hydrogen-bond donors (Lipinski definition) is 0. The molecule has 3 heterocycles. The minimum Gasteiger partial charge on any atom is -0.494 e. The molecule has 3 aromatic rings. The van der Waals surface area contributed by atoms with Crippen molar-refractivity contribution < 1.29 is 14.3 Å². The van der Waals surface area contributed by atoms with Crippen LogP contribution in [0.25, 0.3) is 11.0 Å². The first-order chi connectivity index (χ1) is 16.4. The van der Waals surface area contributed by atoms with Gasteiger partial charge in [0, 0.05) is 49.1 Å². The minimum atomic E-state index is -0.380. The number of aromatic nitrogens is 3. The lowest BCUT2D eigenvalue weighted by atomic mass is 9.89. The molecule has 1 aliphatic carbocycles. The minimum absolute atomic E-state index is 0.172. The molecule has 0 atom stereocenters. The number of hydrogen-bond acceptors (Lipinski definition) is 5. The van der Waals surface area contributed by atoms with E-state index < -0.39 is 0 Å². The molecule has 7 nitrogen and oxygen atoms in total. The number of carbonyl (C=O) groups excluding carboxylic acids is 1. The number of fused-ring (bicyclic) bond motifs is 1. The summed E-state index contributed by atoms with van der Waals surface area (Å²) >= 11 is 0. The molecule has 0 saturated heterocycles. The molecule has 1 aliphatic rings. The quantitative estimate of drug-likeness (QED) is 0.410. The van der Waals surface area contributed by atoms with Crippen LogP contribution in [0.3, 0.4) is 0 Å². The number of amides is 1. The topological polar surface area (TPSA) is 69.5 Å². The standard InChI is InChI=1S/C27H36N4O3/c1-5-33-25-11-12-28-22(16-25)15-23-13-21-14-24(30(4)27(32)34-19(2)3)17-29-26(21)31(23)18-20-9-7-6-8-10-20/h11-14,16-17,19-20H,5-10,15,18H2,1-4H3. The van der Waals surface area contributed by atoms with E-state index in [-0.39, 0.29) is 12.2 Å². The Kier molecular flexibility index (Phi) is 7.70. The summed E-state index contributed by atoms with van der Waals surface area (Å²) in [5, 5.41) is 1.02. The second kappa shape index (κ2) is 10.9. The SMILES string of the molecule is CCOc1ccnc(Cc2cc3cc(N(C)C(=O)OC(C)C)cnc3n2CC2CCCCC2)c1. The molecule has 0 N–H and O–H groups in total. The van der Waals surface area contributed by atoms with Gasteiger partial charge in [-0.25, -0.2) is 9.78 Å². The summed E-state index contributed by atoms with van der Waals surface area (Å²) in [6, 6.07) is 8.12. The first-order valence-electron chi connectivity index (χ1n) is 12.4. The predicted molar refractivity (Wildman–Crippen MR) is 135 cm³/mol. The maximum atomic E-state index is 12.4. The van der Waals surface area contributed by atoms with Crippen molar-refractivity contribution in [3.63, 3.8) is 0 Å². The van der Waals surface area contributed by atoms with Crippen LogP contribution in [-0.4, -0.2) is 40.4 Å². The van der Waals surface area contributed by atoms with Gasteiger partial charge in [0.2, 0.25) is 0 Å². The van der Waals surface area contributed by atoms with Crippen LogP contribution in [0.4, 0.5) is 10.5 Å². The van der Waals surface area contributed by atoms with Gasteiger partial charge in [0.25, 0.3) is 0 Å². The molecule has 182 valence electrons. The van der Waals surface area contributed by atoms with Crippen LogP contribution < -0.4 is 9.64 Å². The Morgan fingerprint density at radius 3 is 2.71 bits per heavy atom. The lowest BCUT2D eigenvalue weighted by Gasteiger charge is -2.23. The maximum absolute atomic E-state index is 12.4. The average Bonchev–Trinajstić information content (AvgIpc) is 3.15. The third-order valence-electron chi connectivity index (χ3n) is 6.43. The summed E-state index contributed by atoms with van der Waals surface area (Å²) in [6.45, 7) is 7.27. The van der Waals surface area contributed by atoms with Crippen LogP contribution in [0.15, 0.2) is 36.7 Å². The Labute approximate surface area is 202 Å². The van der Waals surface area contributed by atoms with Crippen molar-refractivity contribution in [2.45, 2.75) is 71.9 Å². The molecule has 0 spiro atoms. The second-order valence-electron chi connectivity index (χ2n) is 9.44. The Morgan fingerprint density at radius 1 is 1.18 bits per heavy atom. The lowest BCUT2D eigenvalue weighted by molar-refractivity contribution is 0.124. The van der Waals surface area contributed by atoms with Crippen LogP contribution in [0.2, 0.25) is 0 Å². The van der Waals surface area contributed by atoms with Gasteiger partial charge >= 0.3 is 6.09 Å². The molecule has 1 fully saturated rings. The molecule has 0 aliphatic heterocycles. The fourth-order valence-corrected chi connectivity index (χ4v) is 4.73. The lowest BCUT2D eigenvalue weighted by Crippen LogP contribution is -2.29. The Bertz CT molecular complexity index is 1120. The van der Waals surface area contributed by atoms with E-state index in [1.807, 2.05) is 39.0 Å². The predicted octanol–water partition coefficient (Wildman–Crippen LogP) is 5.98. The van der Waals surface area contributed by atoms with Gasteiger partial charge < -0.3 is 14.0 Å². The highest BCUT2D eigenvalue weighted by Crippen LogP contribution is 2.30. The fourth-order valence-electron chi connectivity index (χ4n) is 4.73. The normalized spacial score (nSPS) is 14.5. The van der Waals surface area contributed by atoms with Gasteiger partial charge in [0.05, 0.1) is 24.6 Å². The van der Waals surface area contributed by atoms with Crippen molar-refractivity contribution in [3.8, 4) is 5.75 Å². The van der Waals surface area contributed by atoms with Gasteiger partial charge in [0.1, 0.15) is 11.4 Å². The number of anilines is 1. The van der Waals surface area contributed by atoms with E-state index in [0.29, 0.717) is 18.9 Å². The first-order valence-corrected chi connectivity index (χ1v) is 12.4. The third kappa shape index (κ3) is 5.69. The summed E-state index contributed by atoms with van der Waals surface area (Å²) in [7, 11) is 1.72. The highest BCUT2D eigenvalue weighted by atomic mass is 16.6. The van der Waals surface area contributed by atoms with Crippen molar-refractivity contribution in [2.75, 3.05) is 18.6 Å². The molecule has 3 aromatic heterocycles. The zero-order valence-corrected chi connectivity index (χ0v) is 20.8. The van der Waals surface area contributed by atoms with E-state index in [1.165, 1.54) is 42.7 Å². The van der Waals surface area contributed by atoms with Gasteiger partial charge in [-0.3, -0.25) is 9.88 Å². The first kappa shape index (κ1) is 24.0. The fraction of sp³-hybridized carbons (Fsp3) is 0.519. The molecule has 0 unspecified atom stereocenters. The van der Waals surface area contributed by atoms with E-state index in [2.05, 4.69) is 15.6 Å². The van der Waals surface area contributed by atoms with Crippen molar-refractivity contribution in [1.82, 2.24) is 14.5 Å². The monoisotopic (exact) mass is 464 g/mol. The Morgan fingerprint density at radius 2 is 1.97 bits per heavy atom. The van der Waals surface area contributed by atoms with E-state index in [9.17, 15) is 4.79 Å². The van der Waals surface area contributed by atoms with Gasteiger partial charge in [0.15, 0.2) is 0 Å². The van der Waals surface area contributed by atoms with E-state index >= 15 is 0 Å². The van der Waals surface area contributed by atoms with Crippen LogP contribution >= 0.6 is 0 Å². The van der Waals surface area contributed by atoms with Crippen molar-refractivity contribution in [2.24, 2.45) is 5.92 Å². The molecule has 1 saturated carbocycles. The van der Waals surface area contributed by atoms with E-state index in [1.54, 1.807) is 19.4 Å². The molecule has 0 radical (unpaired) electrons. The van der Waals surface area contributed by atoms with Gasteiger partial charge in [-0.05, 0) is 57.7 Å². The summed E-state index contributed by atoms with van der Waals surface area (Å²) < 4.78 is 13.4. The summed E-state index contributed by atoms with van der Waals surface area (Å²) in [6.07, 6.45) is 10.2. The zero-order valence-electron chi connectivity index (χ0n) is 20.8. The number of pyridine rings is 2. The smallest absolute Gasteiger partial charge is 0.414 e. The number of rotatable bonds is 8. The van der Waals surface area contributed by atoms with Crippen LogP contribution in [0.1, 0.15) is 64.3 Å². The molecule has 34 heavy (non-hydrogen) atoms. The van der Waals surface area contributed by atoms with Crippen LogP contribution in [0.5, 0.6) is 5.75 Å². The summed E-state index contributed by atoms with van der Waals surface area (Å²) in [4.78, 5) is 23.3. The molecule has 0 bridgehead atoms. The molecule has 7 heteroatoms. The molecule has 4 rings (SSSR count). The highest BCUT2D eigenvalue weighted by molar-refractivity contribution is 5.90. The van der Waals surface area contributed by atoms with Gasteiger partial charge in [-0.2, -0.15) is 0 Å². The zero-order chi connectivity index (χ0) is 24.1. The van der Waals surface area contributed by atoms with E-state index in [4.69, 9.17) is 14.5 Å². The van der Waals surface area contributed by atoms with Crippen molar-refractivity contribution >= 4 is 22.8 Å². The molecular formula is C27H36N4O3. The number of carbonyl (C=O) groups is 1. The molecule has 1 amide bonds. The number of nitrogens with zero attached hydrogens (tertiary/aromatic N) is 4. The van der Waals surface area contributed by atoms with Crippen LogP contribution in [-0.2, 0) is 17.7 Å². The molecular weight excluding hydrogens is 428 g/mol. The van der Waals surface area contributed by atoms with E-state index in [0.717, 1.165) is 34.7 Å². The largest absolute Gasteiger partial charge is 0.494 e. The van der Waals surface area contributed by atoms with Crippen molar-refractivity contribution in [3.05, 3.63) is 48.0 Å². The third-order valence-corrected chi connectivity index (χ3v) is 6.43. The summed E-state index contributed by atoms with van der Waals surface area (Å²) in [5.74, 6) is 1.50. The second-order valence-corrected chi connectivity index (χ2v) is 9.44. The highest BCUT2D eigenvalue weighted by Gasteiger charge is 2.20.